The van der Waals surface area contributed by atoms with E-state index in [0.29, 0.717) is 12.1 Å². The van der Waals surface area contributed by atoms with Crippen molar-refractivity contribution in [2.75, 3.05) is 129 Å². The summed E-state index contributed by atoms with van der Waals surface area (Å²) in [6.07, 6.45) is 31.8. The minimum Gasteiger partial charge on any atom is -0.370 e. The van der Waals surface area contributed by atoms with Gasteiger partial charge in [0.25, 0.3) is 0 Å². The van der Waals surface area contributed by atoms with Crippen LogP contribution >= 0.6 is 0 Å². The molecule has 0 spiro atoms. The molecule has 5 aromatic heterocycles. The van der Waals surface area contributed by atoms with E-state index < -0.39 is 0 Å². The van der Waals surface area contributed by atoms with Gasteiger partial charge >= 0.3 is 0 Å². The van der Waals surface area contributed by atoms with Gasteiger partial charge in [0, 0.05) is 169 Å². The van der Waals surface area contributed by atoms with E-state index in [0.717, 1.165) is 165 Å². The molecule has 0 atom stereocenters. The quantitative estimate of drug-likeness (QED) is 0.0863. The molecule has 702 valence electrons. The molecule has 0 unspecified atom stereocenters. The number of hydrogen-bond acceptors (Lipinski definition) is 18. The van der Waals surface area contributed by atoms with Gasteiger partial charge in [0.2, 0.25) is 0 Å². The standard InChI is InChI=1S/C24H33N3.C23H32N4.C23H31N3.2C22H30N4/c1-23(2)9-10-24(3,4)22-14-17(5-6-21(22)23)18-13-20(16-26-15-18)27-11-7-19(25)8-12-27;1-22(2)9-10-23(3,4)19-13-16(5-6-18(19)22)20-14-21(26-15-25-20)27-11-7-17(24)8-12-27;1-22(2)7-8-23(3,4)21-14-17(5-6-20(21)22)18-13-19(16-25-15-18)26-11-9-24-10-12-26;1-21(2)7-8-22(3,4)18-13-16(5-6-17(18)21)19-14-24-15-20(25-19)26-11-9-23-10-12-26;1-21(2)7-8-22(3,4)18-13-16(5-6-17(18)21)19-14-20(25-15-24-19)26-11-9-23-10-12-26/h5-6,13-16,19H,7-12,25H2,1-4H3;5-6,13-15,17H,7-12,24H2,1-4H3;5-6,13-16,24H,7-12H2,1-4H3;2*5-6,13-15,23H,7-12H2,1-4H3. The van der Waals surface area contributed by atoms with Gasteiger partial charge in [-0.3, -0.25) is 15.0 Å². The third-order valence-corrected chi connectivity index (χ3v) is 32.3. The molecule has 5 aromatic carbocycles. The molecule has 132 heavy (non-hydrogen) atoms. The van der Waals surface area contributed by atoms with Crippen molar-refractivity contribution in [3.63, 3.8) is 0 Å². The van der Waals surface area contributed by atoms with Crippen molar-refractivity contribution >= 4 is 28.8 Å². The molecular weight excluding hydrogens is 1620 g/mol. The number of benzene rings is 5. The van der Waals surface area contributed by atoms with Gasteiger partial charge in [-0.25, -0.2) is 24.9 Å². The third kappa shape index (κ3) is 21.2. The van der Waals surface area contributed by atoms with Gasteiger partial charge in [-0.05, 0) is 241 Å². The number of piperidine rings is 2. The van der Waals surface area contributed by atoms with Crippen LogP contribution in [0.25, 0.3) is 56.0 Å². The zero-order chi connectivity index (χ0) is 93.6. The van der Waals surface area contributed by atoms with Gasteiger partial charge in [-0.1, -0.05) is 211 Å². The molecule has 5 aliphatic heterocycles. The predicted octanol–water partition coefficient (Wildman–Crippen LogP) is 21.8. The van der Waals surface area contributed by atoms with Crippen LogP contribution in [0.2, 0.25) is 0 Å². The summed E-state index contributed by atoms with van der Waals surface area (Å²) >= 11 is 0. The topological polar surface area (TPSA) is 207 Å². The number of aromatic nitrogens is 8. The molecule has 20 rings (SSSR count). The molecule has 10 aromatic rings. The maximum absolute atomic E-state index is 6.07. The monoisotopic (exact) mass is 1780 g/mol. The summed E-state index contributed by atoms with van der Waals surface area (Å²) in [6, 6.07) is 44.5. The molecule has 7 N–H and O–H groups in total. The van der Waals surface area contributed by atoms with Crippen molar-refractivity contribution in [3.05, 3.63) is 221 Å². The first-order valence-electron chi connectivity index (χ1n) is 50.1. The zero-order valence-electron chi connectivity index (χ0n) is 83.9. The second-order valence-electron chi connectivity index (χ2n) is 46.6. The van der Waals surface area contributed by atoms with Crippen molar-refractivity contribution in [3.8, 4) is 56.0 Å². The van der Waals surface area contributed by atoms with E-state index >= 15 is 0 Å². The molecule has 5 fully saturated rings. The lowest BCUT2D eigenvalue weighted by Crippen LogP contribution is -2.43. The van der Waals surface area contributed by atoms with Crippen LogP contribution in [0.15, 0.2) is 165 Å². The SMILES string of the molecule is CC1(C)CCC(C)(C)c2cc(-c3cc(N4CCC(N)CC4)ncn3)ccc21.CC1(C)CCC(C)(C)c2cc(-c3cc(N4CCNCC4)ncn3)ccc21.CC1(C)CCC(C)(C)c2cc(-c3cncc(N4CCC(N)CC4)c3)ccc21.CC1(C)CCC(C)(C)c2cc(-c3cncc(N4CCNCC4)c3)ccc21.CC1(C)CCC(C)(C)c2cc(-c3cncc(N4CCNCC4)n3)ccc21. The van der Waals surface area contributed by atoms with Crippen LogP contribution in [0.4, 0.5) is 28.8 Å². The highest BCUT2D eigenvalue weighted by molar-refractivity contribution is 5.73. The minimum absolute atomic E-state index is 0.208. The van der Waals surface area contributed by atoms with Gasteiger partial charge in [-0.2, -0.15) is 0 Å². The Hall–Kier alpha value is -9.56. The molecule has 18 heteroatoms. The maximum Gasteiger partial charge on any atom is 0.147 e. The molecule has 5 aliphatic carbocycles. The maximum atomic E-state index is 6.07. The highest BCUT2D eigenvalue weighted by Crippen LogP contribution is 2.53. The number of rotatable bonds is 10. The summed E-state index contributed by atoms with van der Waals surface area (Å²) < 4.78 is 0. The van der Waals surface area contributed by atoms with Crippen molar-refractivity contribution in [1.29, 1.82) is 0 Å². The lowest BCUT2D eigenvalue weighted by atomic mass is 9.63. The number of nitrogens with one attached hydrogen (secondary N) is 3. The van der Waals surface area contributed by atoms with E-state index in [-0.39, 0.29) is 54.1 Å². The van der Waals surface area contributed by atoms with Gasteiger partial charge in [-0.15, -0.1) is 0 Å². The van der Waals surface area contributed by atoms with Crippen molar-refractivity contribution in [2.24, 2.45) is 11.5 Å². The lowest BCUT2D eigenvalue weighted by Gasteiger charge is -2.42. The molecule has 5 saturated heterocycles. The number of nitrogens with two attached hydrogens (primary N) is 2. The molecule has 18 nitrogen and oxygen atoms in total. The van der Waals surface area contributed by atoms with Crippen LogP contribution in [-0.2, 0) is 54.1 Å². The van der Waals surface area contributed by atoms with E-state index in [4.69, 9.17) is 16.5 Å². The number of hydrogen-bond donors (Lipinski definition) is 5. The predicted molar refractivity (Wildman–Crippen MR) is 552 cm³/mol. The van der Waals surface area contributed by atoms with Crippen LogP contribution < -0.4 is 51.9 Å². The largest absolute Gasteiger partial charge is 0.370 e. The lowest BCUT2D eigenvalue weighted by molar-refractivity contribution is 0.332. The van der Waals surface area contributed by atoms with E-state index in [1.165, 1.54) is 170 Å². The summed E-state index contributed by atoms with van der Waals surface area (Å²) in [4.78, 5) is 48.6. The Kier molecular flexibility index (Phi) is 27.7. The Morgan fingerprint density at radius 2 is 0.500 bits per heavy atom. The smallest absolute Gasteiger partial charge is 0.147 e. The Bertz CT molecular complexity index is 5210. The van der Waals surface area contributed by atoms with Crippen LogP contribution in [0.3, 0.4) is 0 Å². The van der Waals surface area contributed by atoms with Crippen LogP contribution in [0.5, 0.6) is 0 Å². The molecule has 0 bridgehead atoms. The summed E-state index contributed by atoms with van der Waals surface area (Å²) in [5.74, 6) is 3.04. The number of fused-ring (bicyclic) bond motifs is 5. The average Bonchev–Trinajstić information content (AvgIpc) is 0.768. The Balaban J connectivity index is 0.000000120. The highest BCUT2D eigenvalue weighted by atomic mass is 15.3. The summed E-state index contributed by atoms with van der Waals surface area (Å²) in [7, 11) is 0. The Morgan fingerprint density at radius 1 is 0.242 bits per heavy atom. The molecule has 0 saturated carbocycles. The zero-order valence-corrected chi connectivity index (χ0v) is 83.9. The Labute approximate surface area is 791 Å². The van der Waals surface area contributed by atoms with Crippen molar-refractivity contribution in [2.45, 2.75) is 295 Å². The number of piperazine rings is 3. The van der Waals surface area contributed by atoms with Gasteiger partial charge in [0.05, 0.1) is 53.2 Å². The highest BCUT2D eigenvalue weighted by Gasteiger charge is 2.43. The molecule has 10 heterocycles. The van der Waals surface area contributed by atoms with Crippen LogP contribution in [-0.4, -0.2) is 157 Å². The average molecular weight is 1780 g/mol. The first-order valence-corrected chi connectivity index (χ1v) is 50.1. The van der Waals surface area contributed by atoms with E-state index in [1.54, 1.807) is 12.7 Å². The normalized spacial score (nSPS) is 21.5. The fraction of sp³-hybridized carbons (Fsp3) is 0.544. The molecular formula is C114H156N18. The fourth-order valence-electron chi connectivity index (χ4n) is 22.3. The Morgan fingerprint density at radius 3 is 0.833 bits per heavy atom. The van der Waals surface area contributed by atoms with Crippen molar-refractivity contribution < 1.29 is 0 Å². The number of nitrogens with zero attached hydrogens (tertiary/aromatic N) is 13. The summed E-state index contributed by atoms with van der Waals surface area (Å²) in [5, 5.41) is 10.2. The summed E-state index contributed by atoms with van der Waals surface area (Å²) in [5.41, 5.74) is 43.5. The minimum atomic E-state index is 0.208. The first kappa shape index (κ1) is 95.6. The van der Waals surface area contributed by atoms with E-state index in [1.807, 2.05) is 37.2 Å². The number of anilines is 5. The summed E-state index contributed by atoms with van der Waals surface area (Å²) in [6.45, 7) is 63.7. The molecule has 10 aliphatic rings. The second kappa shape index (κ2) is 38.3. The number of pyridine rings is 2. The van der Waals surface area contributed by atoms with Gasteiger partial charge < -0.3 is 51.9 Å². The third-order valence-electron chi connectivity index (χ3n) is 32.3. The van der Waals surface area contributed by atoms with Crippen LogP contribution in [0, 0.1) is 0 Å². The molecule has 0 radical (unpaired) electrons. The molecule has 0 amide bonds. The second-order valence-corrected chi connectivity index (χ2v) is 46.6. The van der Waals surface area contributed by atoms with E-state index in [9.17, 15) is 0 Å². The van der Waals surface area contributed by atoms with Gasteiger partial charge in [0.1, 0.15) is 30.1 Å². The fourth-order valence-corrected chi connectivity index (χ4v) is 22.3. The first-order chi connectivity index (χ1) is 62.6. The van der Waals surface area contributed by atoms with E-state index in [2.05, 4.69) is 329 Å². The van der Waals surface area contributed by atoms with Gasteiger partial charge in [0.15, 0.2) is 0 Å². The van der Waals surface area contributed by atoms with Crippen molar-refractivity contribution in [1.82, 2.24) is 55.8 Å². The van der Waals surface area contributed by atoms with Crippen LogP contribution in [0.1, 0.15) is 284 Å².